The second-order valence-corrected chi connectivity index (χ2v) is 9.56. The van der Waals surface area contributed by atoms with E-state index in [0.29, 0.717) is 0 Å². The molecule has 0 spiro atoms. The summed E-state index contributed by atoms with van der Waals surface area (Å²) in [6, 6.07) is 8.68. The maximum atomic E-state index is 5.47. The zero-order chi connectivity index (χ0) is 20.5. The van der Waals surface area contributed by atoms with E-state index in [1.165, 1.54) is 42.1 Å². The number of quaternary nitrogens is 1. The van der Waals surface area contributed by atoms with Crippen LogP contribution in [0, 0.1) is 13.8 Å². The molecule has 158 valence electrons. The number of likely N-dealkylation sites (tertiary alicyclic amines) is 1. The van der Waals surface area contributed by atoms with Crippen molar-refractivity contribution in [3.8, 4) is 0 Å². The minimum atomic E-state index is 0.803. The van der Waals surface area contributed by atoms with Crippen LogP contribution in [0.4, 0.5) is 17.2 Å². The molecule has 4 heterocycles. The van der Waals surface area contributed by atoms with Gasteiger partial charge >= 0.3 is 0 Å². The second kappa shape index (κ2) is 8.49. The predicted molar refractivity (Wildman–Crippen MR) is 123 cm³/mol. The number of thiophene rings is 1. The van der Waals surface area contributed by atoms with E-state index in [1.54, 1.807) is 16.2 Å². The molecule has 0 unspecified atom stereocenters. The Bertz CT molecular complexity index is 1020. The number of anilines is 3. The van der Waals surface area contributed by atoms with Crippen LogP contribution in [0.25, 0.3) is 10.2 Å². The first kappa shape index (κ1) is 19.7. The lowest BCUT2D eigenvalue weighted by atomic mass is 10.2. The third kappa shape index (κ3) is 4.02. The first-order valence-electron chi connectivity index (χ1n) is 11.0. The quantitative estimate of drug-likeness (QED) is 0.659. The summed E-state index contributed by atoms with van der Waals surface area (Å²) in [7, 11) is 0. The van der Waals surface area contributed by atoms with Crippen LogP contribution >= 0.6 is 11.3 Å². The number of nitrogens with one attached hydrogen (secondary N) is 2. The summed E-state index contributed by atoms with van der Waals surface area (Å²) in [5.41, 5.74) is 3.59. The molecule has 30 heavy (non-hydrogen) atoms. The Morgan fingerprint density at radius 3 is 2.53 bits per heavy atom. The third-order valence-corrected chi connectivity index (χ3v) is 7.40. The van der Waals surface area contributed by atoms with Gasteiger partial charge in [0.1, 0.15) is 17.2 Å². The normalized spacial score (nSPS) is 17.7. The van der Waals surface area contributed by atoms with Gasteiger partial charge in [0, 0.05) is 42.2 Å². The minimum absolute atomic E-state index is 0.803. The maximum Gasteiger partial charge on any atom is 0.187 e. The highest BCUT2D eigenvalue weighted by Crippen LogP contribution is 2.34. The lowest BCUT2D eigenvalue weighted by Crippen LogP contribution is -3.08. The zero-order valence-corrected chi connectivity index (χ0v) is 18.6. The van der Waals surface area contributed by atoms with Crippen molar-refractivity contribution in [3.05, 3.63) is 40.5 Å². The van der Waals surface area contributed by atoms with E-state index in [4.69, 9.17) is 14.7 Å². The summed E-state index contributed by atoms with van der Waals surface area (Å²) in [5, 5.41) is 4.76. The number of fused-ring (bicyclic) bond motifs is 1. The van der Waals surface area contributed by atoms with Gasteiger partial charge in [-0.05, 0) is 43.7 Å². The van der Waals surface area contributed by atoms with Crippen LogP contribution in [0.15, 0.2) is 24.3 Å². The number of aromatic nitrogens is 2. The number of hydrogen-bond acceptors (Lipinski definition) is 6. The van der Waals surface area contributed by atoms with E-state index in [9.17, 15) is 0 Å². The molecular weight excluding hydrogens is 394 g/mol. The molecule has 0 radical (unpaired) electrons. The summed E-state index contributed by atoms with van der Waals surface area (Å²) >= 11 is 1.78. The Hall–Kier alpha value is -2.22. The first-order chi connectivity index (χ1) is 14.7. The summed E-state index contributed by atoms with van der Waals surface area (Å²) < 4.78 is 5.47. The fourth-order valence-corrected chi connectivity index (χ4v) is 5.50. The molecule has 6 nitrogen and oxygen atoms in total. The molecule has 5 rings (SSSR count). The van der Waals surface area contributed by atoms with Crippen LogP contribution in [0.3, 0.4) is 0 Å². The second-order valence-electron chi connectivity index (χ2n) is 8.36. The standard InChI is InChI=1S/C23H29N5OS/c1-16-17(2)30-23-21(16)22(25-20(26-23)15-27-9-3-4-10-27)24-18-5-7-19(8-6-18)28-11-13-29-14-12-28/h5-8H,3-4,9-15H2,1-2H3,(H,24,25,26)/p+1. The van der Waals surface area contributed by atoms with Crippen LogP contribution < -0.4 is 15.1 Å². The van der Waals surface area contributed by atoms with E-state index >= 15 is 0 Å². The SMILES string of the molecule is Cc1sc2nc(C[NH+]3CCCC3)nc(Nc3ccc(N4CCOCC4)cc3)c2c1C. The van der Waals surface area contributed by atoms with Crippen LogP contribution in [-0.2, 0) is 11.3 Å². The molecule has 0 saturated carbocycles. The van der Waals surface area contributed by atoms with Gasteiger partial charge in [0.25, 0.3) is 0 Å². The summed E-state index contributed by atoms with van der Waals surface area (Å²) in [5.74, 6) is 1.89. The van der Waals surface area contributed by atoms with Crippen LogP contribution in [0.1, 0.15) is 29.1 Å². The lowest BCUT2D eigenvalue weighted by Gasteiger charge is -2.28. The molecule has 0 amide bonds. The Morgan fingerprint density at radius 1 is 1.07 bits per heavy atom. The summed E-state index contributed by atoms with van der Waals surface area (Å²) in [4.78, 5) is 16.3. The van der Waals surface area contributed by atoms with Crippen molar-refractivity contribution in [3.63, 3.8) is 0 Å². The Morgan fingerprint density at radius 2 is 1.80 bits per heavy atom. The lowest BCUT2D eigenvalue weighted by molar-refractivity contribution is -0.902. The molecule has 1 aromatic carbocycles. The number of morpholine rings is 1. The molecule has 2 saturated heterocycles. The highest BCUT2D eigenvalue weighted by atomic mass is 32.1. The van der Waals surface area contributed by atoms with Gasteiger partial charge in [-0.3, -0.25) is 0 Å². The fourth-order valence-electron chi connectivity index (χ4n) is 4.45. The number of nitrogens with zero attached hydrogens (tertiary/aromatic N) is 3. The molecule has 2 aliphatic heterocycles. The van der Waals surface area contributed by atoms with Gasteiger partial charge in [0.15, 0.2) is 5.82 Å². The summed E-state index contributed by atoms with van der Waals surface area (Å²) in [6.07, 6.45) is 2.63. The van der Waals surface area contributed by atoms with Crippen molar-refractivity contribution < 1.29 is 9.64 Å². The Balaban J connectivity index is 1.43. The summed E-state index contributed by atoms with van der Waals surface area (Å²) in [6.45, 7) is 11.2. The smallest absolute Gasteiger partial charge is 0.187 e. The number of benzene rings is 1. The van der Waals surface area contributed by atoms with Crippen molar-refractivity contribution in [2.75, 3.05) is 49.6 Å². The van der Waals surface area contributed by atoms with Gasteiger partial charge in [0.05, 0.1) is 31.7 Å². The average Bonchev–Trinajstić information content (AvgIpc) is 3.37. The van der Waals surface area contributed by atoms with Gasteiger partial charge in [-0.1, -0.05) is 0 Å². The fraction of sp³-hybridized carbons (Fsp3) is 0.478. The van der Waals surface area contributed by atoms with E-state index in [-0.39, 0.29) is 0 Å². The van der Waals surface area contributed by atoms with Crippen molar-refractivity contribution in [2.24, 2.45) is 0 Å². The highest BCUT2D eigenvalue weighted by Gasteiger charge is 2.20. The first-order valence-corrected chi connectivity index (χ1v) is 11.8. The van der Waals surface area contributed by atoms with Crippen LogP contribution in [0.5, 0.6) is 0 Å². The third-order valence-electron chi connectivity index (χ3n) is 6.30. The molecule has 0 bridgehead atoms. The van der Waals surface area contributed by atoms with Gasteiger partial charge < -0.3 is 19.9 Å². The molecule has 2 N–H and O–H groups in total. The molecule has 7 heteroatoms. The number of rotatable bonds is 5. The maximum absolute atomic E-state index is 5.47. The van der Waals surface area contributed by atoms with Gasteiger partial charge in [-0.15, -0.1) is 11.3 Å². The van der Waals surface area contributed by atoms with E-state index in [1.807, 2.05) is 0 Å². The zero-order valence-electron chi connectivity index (χ0n) is 17.8. The molecule has 2 aliphatic rings. The molecule has 2 fully saturated rings. The number of hydrogen-bond donors (Lipinski definition) is 2. The molecule has 0 atom stereocenters. The van der Waals surface area contributed by atoms with E-state index < -0.39 is 0 Å². The van der Waals surface area contributed by atoms with Crippen molar-refractivity contribution in [1.82, 2.24) is 9.97 Å². The molecular formula is C23H30N5OS+. The topological polar surface area (TPSA) is 54.7 Å². The largest absolute Gasteiger partial charge is 0.378 e. The number of ether oxygens (including phenoxy) is 1. The van der Waals surface area contributed by atoms with Gasteiger partial charge in [0.2, 0.25) is 0 Å². The van der Waals surface area contributed by atoms with Crippen molar-refractivity contribution in [2.45, 2.75) is 33.2 Å². The van der Waals surface area contributed by atoms with Gasteiger partial charge in [-0.2, -0.15) is 0 Å². The van der Waals surface area contributed by atoms with E-state index in [0.717, 1.165) is 60.4 Å². The van der Waals surface area contributed by atoms with Crippen molar-refractivity contribution >= 4 is 38.7 Å². The monoisotopic (exact) mass is 424 g/mol. The predicted octanol–water partition coefficient (Wildman–Crippen LogP) is 3.07. The molecule has 2 aromatic heterocycles. The van der Waals surface area contributed by atoms with Crippen LogP contribution in [0.2, 0.25) is 0 Å². The highest BCUT2D eigenvalue weighted by molar-refractivity contribution is 7.18. The Labute approximate surface area is 181 Å². The average molecular weight is 425 g/mol. The Kier molecular flexibility index (Phi) is 5.58. The van der Waals surface area contributed by atoms with Gasteiger partial charge in [-0.25, -0.2) is 9.97 Å². The van der Waals surface area contributed by atoms with Crippen molar-refractivity contribution in [1.29, 1.82) is 0 Å². The number of aryl methyl sites for hydroxylation is 2. The molecule has 3 aromatic rings. The minimum Gasteiger partial charge on any atom is -0.378 e. The van der Waals surface area contributed by atoms with Crippen LogP contribution in [-0.4, -0.2) is 49.4 Å². The molecule has 0 aliphatic carbocycles. The van der Waals surface area contributed by atoms with E-state index in [2.05, 4.69) is 48.3 Å².